The van der Waals surface area contributed by atoms with Crippen LogP contribution in [0.3, 0.4) is 0 Å². The summed E-state index contributed by atoms with van der Waals surface area (Å²) in [7, 11) is 3.00. The fourth-order valence-electron chi connectivity index (χ4n) is 2.41. The van der Waals surface area contributed by atoms with E-state index in [0.29, 0.717) is 29.0 Å². The molecule has 5 nitrogen and oxygen atoms in total. The van der Waals surface area contributed by atoms with Gasteiger partial charge in [-0.3, -0.25) is 9.59 Å². The maximum atomic E-state index is 12.1. The van der Waals surface area contributed by atoms with Gasteiger partial charge in [0.1, 0.15) is 0 Å². The quantitative estimate of drug-likeness (QED) is 0.903. The molecule has 0 aromatic heterocycles. The molecule has 1 aliphatic carbocycles. The van der Waals surface area contributed by atoms with Crippen LogP contribution >= 0.6 is 0 Å². The van der Waals surface area contributed by atoms with Crippen molar-refractivity contribution in [2.45, 2.75) is 19.8 Å². The van der Waals surface area contributed by atoms with E-state index in [0.717, 1.165) is 0 Å². The largest absolute Gasteiger partial charge is 0.493 e. The van der Waals surface area contributed by atoms with Crippen molar-refractivity contribution in [3.05, 3.63) is 23.3 Å². The third-order valence-electron chi connectivity index (χ3n) is 3.56. The zero-order chi connectivity index (χ0) is 14.2. The van der Waals surface area contributed by atoms with Crippen LogP contribution in [0, 0.1) is 5.41 Å². The highest BCUT2D eigenvalue weighted by atomic mass is 16.5. The Morgan fingerprint density at radius 2 is 1.79 bits per heavy atom. The molecule has 0 heterocycles. The molecule has 1 aromatic rings. The number of carboxylic acids is 1. The Morgan fingerprint density at radius 3 is 2.32 bits per heavy atom. The van der Waals surface area contributed by atoms with Crippen molar-refractivity contribution in [1.29, 1.82) is 0 Å². The second kappa shape index (κ2) is 4.57. The van der Waals surface area contributed by atoms with Crippen LogP contribution < -0.4 is 9.47 Å². The molecule has 102 valence electrons. The van der Waals surface area contributed by atoms with E-state index >= 15 is 0 Å². The number of Topliss-reactive ketones (excluding diaryl/α,β-unsaturated/α-hetero) is 1. The summed E-state index contributed by atoms with van der Waals surface area (Å²) in [5, 5.41) is 9.26. The maximum Gasteiger partial charge on any atom is 0.310 e. The van der Waals surface area contributed by atoms with Gasteiger partial charge in [0.05, 0.1) is 19.6 Å². The van der Waals surface area contributed by atoms with E-state index in [1.54, 1.807) is 19.1 Å². The number of carbonyl (C=O) groups is 2. The molecule has 0 saturated heterocycles. The molecule has 1 N–H and O–H groups in total. The normalized spacial score (nSPS) is 21.7. The number of ketones is 1. The van der Waals surface area contributed by atoms with Crippen molar-refractivity contribution in [1.82, 2.24) is 0 Å². The standard InChI is InChI=1S/C14H16O5/c1-14(13(16)17)6-8-4-11(18-2)12(19-3)5-9(8)10(15)7-14/h4-5H,6-7H2,1-3H3,(H,16,17)/t14-/m0/s1. The summed E-state index contributed by atoms with van der Waals surface area (Å²) in [6, 6.07) is 3.31. The summed E-state index contributed by atoms with van der Waals surface area (Å²) < 4.78 is 10.3. The summed E-state index contributed by atoms with van der Waals surface area (Å²) in [5.41, 5.74) is 0.166. The molecular formula is C14H16O5. The average Bonchev–Trinajstić information content (AvgIpc) is 2.37. The predicted molar refractivity (Wildman–Crippen MR) is 67.9 cm³/mol. The lowest BCUT2D eigenvalue weighted by Gasteiger charge is -2.30. The highest BCUT2D eigenvalue weighted by Gasteiger charge is 2.41. The van der Waals surface area contributed by atoms with Crippen LogP contribution in [-0.4, -0.2) is 31.1 Å². The van der Waals surface area contributed by atoms with Crippen molar-refractivity contribution in [3.63, 3.8) is 0 Å². The molecule has 0 spiro atoms. The third-order valence-corrected chi connectivity index (χ3v) is 3.56. The Hall–Kier alpha value is -2.04. The molecule has 1 atom stereocenters. The van der Waals surface area contributed by atoms with Gasteiger partial charge in [0.15, 0.2) is 17.3 Å². The monoisotopic (exact) mass is 264 g/mol. The van der Waals surface area contributed by atoms with Gasteiger partial charge in [0.25, 0.3) is 0 Å². The average molecular weight is 264 g/mol. The first kappa shape index (κ1) is 13.4. The first-order valence-corrected chi connectivity index (χ1v) is 5.93. The number of benzene rings is 1. The Kier molecular flexibility index (Phi) is 3.22. The van der Waals surface area contributed by atoms with Gasteiger partial charge < -0.3 is 14.6 Å². The molecule has 0 fully saturated rings. The van der Waals surface area contributed by atoms with E-state index in [9.17, 15) is 14.7 Å². The second-order valence-electron chi connectivity index (χ2n) is 5.01. The van der Waals surface area contributed by atoms with Gasteiger partial charge in [0, 0.05) is 12.0 Å². The number of carbonyl (C=O) groups excluding carboxylic acids is 1. The minimum absolute atomic E-state index is 0.00478. The van der Waals surface area contributed by atoms with E-state index in [-0.39, 0.29) is 12.2 Å². The van der Waals surface area contributed by atoms with E-state index in [2.05, 4.69) is 0 Å². The van der Waals surface area contributed by atoms with Crippen molar-refractivity contribution in [3.8, 4) is 11.5 Å². The van der Waals surface area contributed by atoms with Crippen molar-refractivity contribution in [2.24, 2.45) is 5.41 Å². The Morgan fingerprint density at radius 1 is 1.21 bits per heavy atom. The molecule has 1 aromatic carbocycles. The zero-order valence-corrected chi connectivity index (χ0v) is 11.1. The summed E-state index contributed by atoms with van der Waals surface area (Å²) in [5.74, 6) is -0.148. The fourth-order valence-corrected chi connectivity index (χ4v) is 2.41. The zero-order valence-electron chi connectivity index (χ0n) is 11.1. The van der Waals surface area contributed by atoms with Crippen LogP contribution in [-0.2, 0) is 11.2 Å². The Balaban J connectivity index is 2.53. The lowest BCUT2D eigenvalue weighted by molar-refractivity contribution is -0.147. The van der Waals surface area contributed by atoms with Crippen LogP contribution in [0.4, 0.5) is 0 Å². The number of carboxylic acid groups (broad SMARTS) is 1. The van der Waals surface area contributed by atoms with Crippen LogP contribution in [0.25, 0.3) is 0 Å². The van der Waals surface area contributed by atoms with Crippen LogP contribution in [0.1, 0.15) is 29.3 Å². The minimum atomic E-state index is -1.05. The van der Waals surface area contributed by atoms with Crippen molar-refractivity contribution < 1.29 is 24.2 Å². The topological polar surface area (TPSA) is 72.8 Å². The molecule has 1 aliphatic rings. The molecule has 0 aliphatic heterocycles. The number of hydrogen-bond donors (Lipinski definition) is 1. The third kappa shape index (κ3) is 2.16. The summed E-state index contributed by atoms with van der Waals surface area (Å²) >= 11 is 0. The van der Waals surface area contributed by atoms with Gasteiger partial charge in [-0.2, -0.15) is 0 Å². The molecule has 0 unspecified atom stereocenters. The van der Waals surface area contributed by atoms with Gasteiger partial charge >= 0.3 is 5.97 Å². The lowest BCUT2D eigenvalue weighted by atomic mass is 9.72. The Bertz CT molecular complexity index is 549. The summed E-state index contributed by atoms with van der Waals surface area (Å²) in [6.45, 7) is 1.59. The van der Waals surface area contributed by atoms with Crippen LogP contribution in [0.2, 0.25) is 0 Å². The van der Waals surface area contributed by atoms with E-state index < -0.39 is 11.4 Å². The van der Waals surface area contributed by atoms with Gasteiger partial charge in [-0.25, -0.2) is 0 Å². The number of hydrogen-bond acceptors (Lipinski definition) is 4. The summed E-state index contributed by atoms with van der Waals surface area (Å²) in [4.78, 5) is 23.4. The van der Waals surface area contributed by atoms with E-state index in [1.165, 1.54) is 14.2 Å². The first-order valence-electron chi connectivity index (χ1n) is 5.93. The molecule has 0 bridgehead atoms. The van der Waals surface area contributed by atoms with Crippen molar-refractivity contribution in [2.75, 3.05) is 14.2 Å². The molecule has 5 heteroatoms. The molecular weight excluding hydrogens is 248 g/mol. The molecule has 0 amide bonds. The van der Waals surface area contributed by atoms with Crippen LogP contribution in [0.15, 0.2) is 12.1 Å². The smallest absolute Gasteiger partial charge is 0.310 e. The molecule has 0 radical (unpaired) electrons. The number of methoxy groups -OCH3 is 2. The van der Waals surface area contributed by atoms with Gasteiger partial charge in [0.2, 0.25) is 0 Å². The number of rotatable bonds is 3. The highest BCUT2D eigenvalue weighted by Crippen LogP contribution is 2.40. The number of aliphatic carboxylic acids is 1. The second-order valence-corrected chi connectivity index (χ2v) is 5.01. The van der Waals surface area contributed by atoms with Gasteiger partial charge in [-0.1, -0.05) is 0 Å². The van der Waals surface area contributed by atoms with Gasteiger partial charge in [-0.15, -0.1) is 0 Å². The predicted octanol–water partition coefficient (Wildman–Crippen LogP) is 1.92. The molecule has 19 heavy (non-hydrogen) atoms. The highest BCUT2D eigenvalue weighted by molar-refractivity contribution is 6.02. The first-order chi connectivity index (χ1) is 8.91. The molecule has 2 rings (SSSR count). The fraction of sp³-hybridized carbons (Fsp3) is 0.429. The maximum absolute atomic E-state index is 12.1. The molecule has 0 saturated carbocycles. The SMILES string of the molecule is COc1cc2c(cc1OC)C(=O)C[C@@](C)(C(=O)O)C2. The van der Waals surface area contributed by atoms with Crippen molar-refractivity contribution >= 4 is 11.8 Å². The van der Waals surface area contributed by atoms with E-state index in [4.69, 9.17) is 9.47 Å². The van der Waals surface area contributed by atoms with E-state index in [1.807, 2.05) is 0 Å². The Labute approximate surface area is 111 Å². The van der Waals surface area contributed by atoms with Gasteiger partial charge in [-0.05, 0) is 31.0 Å². The van der Waals surface area contributed by atoms with Crippen LogP contribution in [0.5, 0.6) is 11.5 Å². The number of ether oxygens (including phenoxy) is 2. The summed E-state index contributed by atoms with van der Waals surface area (Å²) in [6.07, 6.45) is 0.314. The minimum Gasteiger partial charge on any atom is -0.493 e. The number of fused-ring (bicyclic) bond motifs is 1. The lowest BCUT2D eigenvalue weighted by Crippen LogP contribution is -2.36.